The number of anilines is 1. The molecule has 5 heteroatoms. The SMILES string of the molecule is Cc1ccc2nc(NC(=O)CCN3CCCC3)sc2c1. The van der Waals surface area contributed by atoms with Crippen molar-refractivity contribution in [3.8, 4) is 0 Å². The van der Waals surface area contributed by atoms with Crippen molar-refractivity contribution in [1.29, 1.82) is 0 Å². The number of aryl methyl sites for hydroxylation is 1. The number of thiazole rings is 1. The van der Waals surface area contributed by atoms with Crippen LogP contribution in [0.2, 0.25) is 0 Å². The van der Waals surface area contributed by atoms with Gasteiger partial charge in [0.15, 0.2) is 5.13 Å². The Morgan fingerprint density at radius 1 is 1.40 bits per heavy atom. The molecule has 0 unspecified atom stereocenters. The minimum Gasteiger partial charge on any atom is -0.303 e. The van der Waals surface area contributed by atoms with E-state index in [1.807, 2.05) is 12.1 Å². The Kier molecular flexibility index (Phi) is 3.98. The lowest BCUT2D eigenvalue weighted by molar-refractivity contribution is -0.116. The number of nitrogens with one attached hydrogen (secondary N) is 1. The maximum atomic E-state index is 11.9. The van der Waals surface area contributed by atoms with Gasteiger partial charge in [-0.1, -0.05) is 17.4 Å². The van der Waals surface area contributed by atoms with Gasteiger partial charge >= 0.3 is 0 Å². The van der Waals surface area contributed by atoms with E-state index < -0.39 is 0 Å². The third-order valence-electron chi connectivity index (χ3n) is 3.64. The molecule has 0 aliphatic carbocycles. The van der Waals surface area contributed by atoms with Gasteiger partial charge in [0, 0.05) is 13.0 Å². The Bertz CT molecular complexity index is 617. The van der Waals surface area contributed by atoms with Crippen molar-refractivity contribution in [2.24, 2.45) is 0 Å². The van der Waals surface area contributed by atoms with Gasteiger partial charge in [-0.15, -0.1) is 0 Å². The first-order valence-corrected chi connectivity index (χ1v) is 7.92. The summed E-state index contributed by atoms with van der Waals surface area (Å²) in [4.78, 5) is 18.7. The van der Waals surface area contributed by atoms with Crippen molar-refractivity contribution < 1.29 is 4.79 Å². The van der Waals surface area contributed by atoms with Gasteiger partial charge in [-0.05, 0) is 50.6 Å². The molecule has 1 saturated heterocycles. The summed E-state index contributed by atoms with van der Waals surface area (Å²) in [5.74, 6) is 0.0627. The molecule has 1 N–H and O–H groups in total. The number of carbonyl (C=O) groups is 1. The predicted octanol–water partition coefficient (Wildman–Crippen LogP) is 3.03. The summed E-state index contributed by atoms with van der Waals surface area (Å²) in [6.45, 7) is 5.19. The number of aromatic nitrogens is 1. The molecular weight excluding hydrogens is 270 g/mol. The molecule has 1 aliphatic heterocycles. The molecule has 0 spiro atoms. The molecule has 0 radical (unpaired) electrons. The first-order valence-electron chi connectivity index (χ1n) is 7.10. The number of benzene rings is 1. The fraction of sp³-hybridized carbons (Fsp3) is 0.467. The van der Waals surface area contributed by atoms with Crippen molar-refractivity contribution >= 4 is 32.6 Å². The molecular formula is C15H19N3OS. The molecule has 1 aliphatic rings. The summed E-state index contributed by atoms with van der Waals surface area (Å²) >= 11 is 1.54. The van der Waals surface area contributed by atoms with Crippen LogP contribution in [0.15, 0.2) is 18.2 Å². The molecule has 0 bridgehead atoms. The van der Waals surface area contributed by atoms with E-state index in [9.17, 15) is 4.79 Å². The van der Waals surface area contributed by atoms with Crippen LogP contribution < -0.4 is 5.32 Å². The van der Waals surface area contributed by atoms with Crippen LogP contribution in [0.4, 0.5) is 5.13 Å². The number of likely N-dealkylation sites (tertiary alicyclic amines) is 1. The number of rotatable bonds is 4. The van der Waals surface area contributed by atoms with Crippen LogP contribution in [0.1, 0.15) is 24.8 Å². The average molecular weight is 289 g/mol. The van der Waals surface area contributed by atoms with Gasteiger partial charge in [-0.2, -0.15) is 0 Å². The summed E-state index contributed by atoms with van der Waals surface area (Å²) in [5.41, 5.74) is 2.17. The van der Waals surface area contributed by atoms with Gasteiger partial charge < -0.3 is 10.2 Å². The van der Waals surface area contributed by atoms with Crippen molar-refractivity contribution in [2.45, 2.75) is 26.2 Å². The van der Waals surface area contributed by atoms with E-state index in [-0.39, 0.29) is 5.91 Å². The highest BCUT2D eigenvalue weighted by Crippen LogP contribution is 2.26. The summed E-state index contributed by atoms with van der Waals surface area (Å²) in [5, 5.41) is 3.62. The molecule has 3 rings (SSSR count). The number of nitrogens with zero attached hydrogens (tertiary/aromatic N) is 2. The van der Waals surface area contributed by atoms with Crippen LogP contribution in [0.5, 0.6) is 0 Å². The lowest BCUT2D eigenvalue weighted by atomic mass is 10.2. The molecule has 0 atom stereocenters. The number of hydrogen-bond acceptors (Lipinski definition) is 4. The van der Waals surface area contributed by atoms with Gasteiger partial charge in [0.2, 0.25) is 5.91 Å². The first-order chi connectivity index (χ1) is 9.70. The zero-order chi connectivity index (χ0) is 13.9. The normalized spacial score (nSPS) is 15.8. The van der Waals surface area contributed by atoms with Gasteiger partial charge in [0.1, 0.15) is 0 Å². The summed E-state index contributed by atoms with van der Waals surface area (Å²) in [6.07, 6.45) is 3.08. The summed E-state index contributed by atoms with van der Waals surface area (Å²) in [6, 6.07) is 6.15. The van der Waals surface area contributed by atoms with Gasteiger partial charge in [0.05, 0.1) is 10.2 Å². The number of hydrogen-bond donors (Lipinski definition) is 1. The standard InChI is InChI=1S/C15H19N3OS/c1-11-4-5-12-13(10-11)20-15(16-12)17-14(19)6-9-18-7-2-3-8-18/h4-5,10H,2-3,6-9H2,1H3,(H,16,17,19). The minimum absolute atomic E-state index is 0.0627. The molecule has 2 heterocycles. The van der Waals surface area contributed by atoms with Crippen molar-refractivity contribution in [1.82, 2.24) is 9.88 Å². The molecule has 4 nitrogen and oxygen atoms in total. The molecule has 1 amide bonds. The number of carbonyl (C=O) groups excluding carboxylic acids is 1. The highest BCUT2D eigenvalue weighted by molar-refractivity contribution is 7.22. The fourth-order valence-corrected chi connectivity index (χ4v) is 3.51. The maximum Gasteiger partial charge on any atom is 0.227 e. The Labute approximate surface area is 122 Å². The van der Waals surface area contributed by atoms with E-state index in [2.05, 4.69) is 28.2 Å². The van der Waals surface area contributed by atoms with Crippen LogP contribution >= 0.6 is 11.3 Å². The fourth-order valence-electron chi connectivity index (χ4n) is 2.53. The lowest BCUT2D eigenvalue weighted by Crippen LogP contribution is -2.24. The van der Waals surface area contributed by atoms with Crippen LogP contribution in [0, 0.1) is 6.92 Å². The molecule has 2 aromatic rings. The second-order valence-corrected chi connectivity index (χ2v) is 6.37. The zero-order valence-corrected chi connectivity index (χ0v) is 12.5. The second kappa shape index (κ2) is 5.89. The van der Waals surface area contributed by atoms with Crippen LogP contribution in [0.3, 0.4) is 0 Å². The first kappa shape index (κ1) is 13.5. The van der Waals surface area contributed by atoms with E-state index in [0.29, 0.717) is 11.6 Å². The number of fused-ring (bicyclic) bond motifs is 1. The smallest absolute Gasteiger partial charge is 0.227 e. The molecule has 1 aromatic carbocycles. The van der Waals surface area contributed by atoms with Crippen molar-refractivity contribution in [2.75, 3.05) is 25.0 Å². The topological polar surface area (TPSA) is 45.2 Å². The second-order valence-electron chi connectivity index (χ2n) is 5.34. The number of amides is 1. The quantitative estimate of drug-likeness (QED) is 0.941. The Hall–Kier alpha value is -1.46. The summed E-state index contributed by atoms with van der Waals surface area (Å²) < 4.78 is 1.12. The van der Waals surface area contributed by atoms with Crippen molar-refractivity contribution in [3.63, 3.8) is 0 Å². The summed E-state index contributed by atoms with van der Waals surface area (Å²) in [7, 11) is 0. The van der Waals surface area contributed by atoms with Gasteiger partial charge in [0.25, 0.3) is 0 Å². The largest absolute Gasteiger partial charge is 0.303 e. The van der Waals surface area contributed by atoms with Gasteiger partial charge in [-0.25, -0.2) is 4.98 Å². The Morgan fingerprint density at radius 3 is 3.00 bits per heavy atom. The molecule has 1 fully saturated rings. The van der Waals surface area contributed by atoms with E-state index in [1.54, 1.807) is 11.3 Å². The van der Waals surface area contributed by atoms with E-state index in [1.165, 1.54) is 18.4 Å². The van der Waals surface area contributed by atoms with E-state index >= 15 is 0 Å². The Morgan fingerprint density at radius 2 is 2.20 bits per heavy atom. The third-order valence-corrected chi connectivity index (χ3v) is 4.58. The maximum absolute atomic E-state index is 11.9. The van der Waals surface area contributed by atoms with Crippen molar-refractivity contribution in [3.05, 3.63) is 23.8 Å². The monoisotopic (exact) mass is 289 g/mol. The lowest BCUT2D eigenvalue weighted by Gasteiger charge is -2.13. The van der Waals surface area contributed by atoms with E-state index in [0.717, 1.165) is 29.9 Å². The highest BCUT2D eigenvalue weighted by Gasteiger charge is 2.13. The molecule has 106 valence electrons. The third kappa shape index (κ3) is 3.16. The molecule has 20 heavy (non-hydrogen) atoms. The van der Waals surface area contributed by atoms with Crippen LogP contribution in [-0.2, 0) is 4.79 Å². The van der Waals surface area contributed by atoms with Crippen LogP contribution in [0.25, 0.3) is 10.2 Å². The van der Waals surface area contributed by atoms with Crippen LogP contribution in [-0.4, -0.2) is 35.4 Å². The molecule has 0 saturated carbocycles. The minimum atomic E-state index is 0.0627. The average Bonchev–Trinajstić information content (AvgIpc) is 3.04. The predicted molar refractivity (Wildman–Crippen MR) is 83.3 cm³/mol. The Balaban J connectivity index is 1.59. The zero-order valence-electron chi connectivity index (χ0n) is 11.7. The van der Waals surface area contributed by atoms with Gasteiger partial charge in [-0.3, -0.25) is 4.79 Å². The van der Waals surface area contributed by atoms with E-state index in [4.69, 9.17) is 0 Å². The highest BCUT2D eigenvalue weighted by atomic mass is 32.1. The molecule has 1 aromatic heterocycles.